The molecule has 1 aromatic heterocycles. The Labute approximate surface area is 121 Å². The molecule has 0 spiro atoms. The van der Waals surface area contributed by atoms with Crippen LogP contribution in [0.5, 0.6) is 0 Å². The molecule has 0 fully saturated rings. The highest BCUT2D eigenvalue weighted by molar-refractivity contribution is 9.10. The standard InChI is InChI=1S/C14H17BrN2S/c1-17(10-11-5-3-2-4-6-11)13(9-16)14-12(15)7-8-18-14/h2-8,13H,9-10,16H2,1H3. The van der Waals surface area contributed by atoms with Crippen molar-refractivity contribution < 1.29 is 0 Å². The lowest BCUT2D eigenvalue weighted by molar-refractivity contribution is 0.244. The van der Waals surface area contributed by atoms with E-state index < -0.39 is 0 Å². The fraction of sp³-hybridized carbons (Fsp3) is 0.286. The van der Waals surface area contributed by atoms with Crippen molar-refractivity contribution in [3.8, 4) is 0 Å². The van der Waals surface area contributed by atoms with Crippen LogP contribution >= 0.6 is 27.3 Å². The summed E-state index contributed by atoms with van der Waals surface area (Å²) in [5.41, 5.74) is 7.24. The maximum atomic E-state index is 5.93. The van der Waals surface area contributed by atoms with Gasteiger partial charge in [0.15, 0.2) is 0 Å². The molecule has 1 unspecified atom stereocenters. The van der Waals surface area contributed by atoms with Crippen LogP contribution in [0.2, 0.25) is 0 Å². The number of thiophene rings is 1. The van der Waals surface area contributed by atoms with Crippen LogP contribution in [0.15, 0.2) is 46.3 Å². The second-order valence-corrected chi connectivity index (χ2v) is 6.09. The molecule has 1 atom stereocenters. The molecule has 0 aliphatic carbocycles. The molecule has 0 bridgehead atoms. The molecule has 0 amide bonds. The summed E-state index contributed by atoms with van der Waals surface area (Å²) < 4.78 is 1.16. The number of hydrogen-bond donors (Lipinski definition) is 1. The largest absolute Gasteiger partial charge is 0.329 e. The Morgan fingerprint density at radius 1 is 1.28 bits per heavy atom. The van der Waals surface area contributed by atoms with E-state index in [0.717, 1.165) is 11.0 Å². The monoisotopic (exact) mass is 324 g/mol. The predicted molar refractivity (Wildman–Crippen MR) is 81.7 cm³/mol. The molecule has 0 saturated carbocycles. The van der Waals surface area contributed by atoms with E-state index in [-0.39, 0.29) is 6.04 Å². The highest BCUT2D eigenvalue weighted by Gasteiger charge is 2.19. The SMILES string of the molecule is CN(Cc1ccccc1)C(CN)c1sccc1Br. The average molecular weight is 325 g/mol. The number of rotatable bonds is 5. The molecule has 2 rings (SSSR count). The van der Waals surface area contributed by atoms with Gasteiger partial charge in [-0.15, -0.1) is 11.3 Å². The normalized spacial score (nSPS) is 12.9. The fourth-order valence-corrected chi connectivity index (χ4v) is 3.83. The lowest BCUT2D eigenvalue weighted by Gasteiger charge is -2.26. The van der Waals surface area contributed by atoms with Crippen molar-refractivity contribution in [2.75, 3.05) is 13.6 Å². The van der Waals surface area contributed by atoms with Gasteiger partial charge < -0.3 is 5.73 Å². The summed E-state index contributed by atoms with van der Waals surface area (Å²) in [6.45, 7) is 1.54. The van der Waals surface area contributed by atoms with Crippen LogP contribution in [0.3, 0.4) is 0 Å². The summed E-state index contributed by atoms with van der Waals surface area (Å²) in [5.74, 6) is 0. The summed E-state index contributed by atoms with van der Waals surface area (Å²) in [5, 5.41) is 2.10. The third-order valence-electron chi connectivity index (χ3n) is 2.98. The Morgan fingerprint density at radius 2 is 2.00 bits per heavy atom. The van der Waals surface area contributed by atoms with Gasteiger partial charge in [-0.3, -0.25) is 4.90 Å². The Morgan fingerprint density at radius 3 is 2.56 bits per heavy atom. The van der Waals surface area contributed by atoms with Gasteiger partial charge in [0, 0.05) is 22.4 Å². The van der Waals surface area contributed by atoms with Crippen molar-refractivity contribution in [2.24, 2.45) is 5.73 Å². The number of nitrogens with zero attached hydrogens (tertiary/aromatic N) is 1. The predicted octanol–water partition coefficient (Wildman–Crippen LogP) is 3.64. The third kappa shape index (κ3) is 3.20. The first-order valence-corrected chi connectivity index (χ1v) is 7.56. The molecule has 96 valence electrons. The molecule has 0 radical (unpaired) electrons. The maximum Gasteiger partial charge on any atom is 0.0576 e. The second-order valence-electron chi connectivity index (χ2n) is 4.29. The molecule has 4 heteroatoms. The van der Waals surface area contributed by atoms with Gasteiger partial charge in [-0.2, -0.15) is 0 Å². The van der Waals surface area contributed by atoms with E-state index in [2.05, 4.69) is 63.6 Å². The van der Waals surface area contributed by atoms with E-state index in [1.165, 1.54) is 10.4 Å². The third-order valence-corrected chi connectivity index (χ3v) is 4.95. The van der Waals surface area contributed by atoms with E-state index in [9.17, 15) is 0 Å². The minimum Gasteiger partial charge on any atom is -0.329 e. The fourth-order valence-electron chi connectivity index (χ4n) is 2.01. The van der Waals surface area contributed by atoms with E-state index >= 15 is 0 Å². The molecular weight excluding hydrogens is 308 g/mol. The molecule has 0 saturated heterocycles. The molecule has 2 N–H and O–H groups in total. The minimum atomic E-state index is 0.264. The van der Waals surface area contributed by atoms with Crippen molar-refractivity contribution in [2.45, 2.75) is 12.6 Å². The molecule has 2 aromatic rings. The first kappa shape index (κ1) is 13.7. The topological polar surface area (TPSA) is 29.3 Å². The second kappa shape index (κ2) is 6.48. The first-order chi connectivity index (χ1) is 8.72. The Hall–Kier alpha value is -0.680. The zero-order valence-corrected chi connectivity index (χ0v) is 12.7. The summed E-state index contributed by atoms with van der Waals surface area (Å²) in [4.78, 5) is 3.60. The quantitative estimate of drug-likeness (QED) is 0.909. The zero-order chi connectivity index (χ0) is 13.0. The number of hydrogen-bond acceptors (Lipinski definition) is 3. The maximum absolute atomic E-state index is 5.93. The molecule has 18 heavy (non-hydrogen) atoms. The lowest BCUT2D eigenvalue weighted by Crippen LogP contribution is -2.29. The van der Waals surface area contributed by atoms with Crippen LogP contribution in [0.4, 0.5) is 0 Å². The number of halogens is 1. The summed E-state index contributed by atoms with van der Waals surface area (Å²) in [7, 11) is 2.12. The van der Waals surface area contributed by atoms with Gasteiger partial charge in [-0.05, 0) is 40.0 Å². The Balaban J connectivity index is 2.11. The van der Waals surface area contributed by atoms with E-state index in [1.807, 2.05) is 6.07 Å². The number of benzene rings is 1. The van der Waals surface area contributed by atoms with Crippen molar-refractivity contribution in [1.82, 2.24) is 4.90 Å². The number of nitrogens with two attached hydrogens (primary N) is 1. The highest BCUT2D eigenvalue weighted by atomic mass is 79.9. The summed E-state index contributed by atoms with van der Waals surface area (Å²) in [6.07, 6.45) is 0. The van der Waals surface area contributed by atoms with Crippen LogP contribution in [0.25, 0.3) is 0 Å². The highest BCUT2D eigenvalue weighted by Crippen LogP contribution is 2.32. The van der Waals surface area contributed by atoms with Gasteiger partial charge in [-0.25, -0.2) is 0 Å². The van der Waals surface area contributed by atoms with Crippen molar-refractivity contribution >= 4 is 27.3 Å². The summed E-state index contributed by atoms with van der Waals surface area (Å²) >= 11 is 5.34. The molecule has 1 heterocycles. The Kier molecular flexibility index (Phi) is 4.95. The number of likely N-dealkylation sites (N-methyl/N-ethyl adjacent to an activating group) is 1. The zero-order valence-electron chi connectivity index (χ0n) is 10.3. The minimum absolute atomic E-state index is 0.264. The van der Waals surface area contributed by atoms with Gasteiger partial charge in [0.05, 0.1) is 6.04 Å². The molecule has 0 aliphatic heterocycles. The lowest BCUT2D eigenvalue weighted by atomic mass is 10.1. The average Bonchev–Trinajstić information content (AvgIpc) is 2.78. The molecule has 1 aromatic carbocycles. The molecule has 0 aliphatic rings. The van der Waals surface area contributed by atoms with Gasteiger partial charge in [-0.1, -0.05) is 30.3 Å². The van der Waals surface area contributed by atoms with Gasteiger partial charge in [0.1, 0.15) is 0 Å². The Bertz CT molecular complexity index is 484. The van der Waals surface area contributed by atoms with E-state index in [4.69, 9.17) is 5.73 Å². The van der Waals surface area contributed by atoms with Gasteiger partial charge in [0.2, 0.25) is 0 Å². The molecular formula is C14H17BrN2S. The molecule has 2 nitrogen and oxygen atoms in total. The van der Waals surface area contributed by atoms with Gasteiger partial charge in [0.25, 0.3) is 0 Å². The summed E-state index contributed by atoms with van der Waals surface area (Å²) in [6, 6.07) is 12.8. The van der Waals surface area contributed by atoms with Crippen LogP contribution in [0, 0.1) is 0 Å². The van der Waals surface area contributed by atoms with Gasteiger partial charge >= 0.3 is 0 Å². The van der Waals surface area contributed by atoms with Crippen LogP contribution in [-0.4, -0.2) is 18.5 Å². The van der Waals surface area contributed by atoms with Crippen LogP contribution in [0.1, 0.15) is 16.5 Å². The van der Waals surface area contributed by atoms with Crippen molar-refractivity contribution in [3.63, 3.8) is 0 Å². The first-order valence-electron chi connectivity index (χ1n) is 5.89. The van der Waals surface area contributed by atoms with Crippen molar-refractivity contribution in [3.05, 3.63) is 56.7 Å². The van der Waals surface area contributed by atoms with Crippen LogP contribution < -0.4 is 5.73 Å². The van der Waals surface area contributed by atoms with Crippen molar-refractivity contribution in [1.29, 1.82) is 0 Å². The smallest absolute Gasteiger partial charge is 0.0576 e. The van der Waals surface area contributed by atoms with E-state index in [0.29, 0.717) is 6.54 Å². The van der Waals surface area contributed by atoms with Crippen LogP contribution in [-0.2, 0) is 6.54 Å². The van der Waals surface area contributed by atoms with E-state index in [1.54, 1.807) is 11.3 Å².